The summed E-state index contributed by atoms with van der Waals surface area (Å²) in [6.07, 6.45) is 3.96. The minimum Gasteiger partial charge on any atom is -0.311 e. The second-order valence-corrected chi connectivity index (χ2v) is 7.47. The van der Waals surface area contributed by atoms with Gasteiger partial charge in [-0.3, -0.25) is 4.57 Å². The van der Waals surface area contributed by atoms with E-state index < -0.39 is 12.7 Å². The monoisotopic (exact) mass is 286 g/mol. The van der Waals surface area contributed by atoms with Crippen molar-refractivity contribution in [1.82, 2.24) is 0 Å². The summed E-state index contributed by atoms with van der Waals surface area (Å²) in [4.78, 5) is 0.873. The van der Waals surface area contributed by atoms with Crippen molar-refractivity contribution in [1.29, 1.82) is 0 Å². The fourth-order valence-corrected chi connectivity index (χ4v) is 4.10. The van der Waals surface area contributed by atoms with Crippen molar-refractivity contribution in [2.24, 2.45) is 0 Å². The summed E-state index contributed by atoms with van der Waals surface area (Å²) >= 11 is 7.75. The van der Waals surface area contributed by atoms with E-state index in [4.69, 9.17) is 20.6 Å². The van der Waals surface area contributed by atoms with Crippen molar-refractivity contribution in [3.05, 3.63) is 11.0 Å². The molecule has 0 bridgehead atoms. The molecule has 3 nitrogen and oxygen atoms in total. The SMILES string of the molecule is CCC/C=C(/SCC)C(Cl)P(=O)(OC)OC. The summed E-state index contributed by atoms with van der Waals surface area (Å²) in [5.74, 6) is 0.881. The van der Waals surface area contributed by atoms with Crippen LogP contribution in [0.2, 0.25) is 0 Å². The van der Waals surface area contributed by atoms with E-state index in [1.54, 1.807) is 11.8 Å². The van der Waals surface area contributed by atoms with Gasteiger partial charge >= 0.3 is 7.60 Å². The van der Waals surface area contributed by atoms with Gasteiger partial charge in [-0.1, -0.05) is 26.3 Å². The van der Waals surface area contributed by atoms with Gasteiger partial charge in [0.2, 0.25) is 0 Å². The molecule has 0 N–H and O–H groups in total. The lowest BCUT2D eigenvalue weighted by Gasteiger charge is -2.21. The Balaban J connectivity index is 4.84. The van der Waals surface area contributed by atoms with E-state index in [1.165, 1.54) is 14.2 Å². The zero-order chi connectivity index (χ0) is 12.6. The van der Waals surface area contributed by atoms with Crippen LogP contribution < -0.4 is 0 Å². The molecule has 0 saturated carbocycles. The largest absolute Gasteiger partial charge is 0.352 e. The van der Waals surface area contributed by atoms with Crippen LogP contribution in [0.1, 0.15) is 26.7 Å². The predicted molar refractivity (Wildman–Crippen MR) is 72.4 cm³/mol. The van der Waals surface area contributed by atoms with E-state index in [9.17, 15) is 4.57 Å². The highest BCUT2D eigenvalue weighted by molar-refractivity contribution is 8.03. The normalized spacial score (nSPS) is 15.2. The minimum absolute atomic E-state index is 0.709. The maximum Gasteiger partial charge on any atom is 0.352 e. The Hall–Kier alpha value is 0.530. The summed E-state index contributed by atoms with van der Waals surface area (Å²) in [6, 6.07) is 0. The molecule has 0 amide bonds. The number of thioether (sulfide) groups is 1. The first-order valence-corrected chi connectivity index (χ1v) is 8.27. The van der Waals surface area contributed by atoms with Crippen LogP contribution in [-0.4, -0.2) is 25.1 Å². The van der Waals surface area contributed by atoms with E-state index in [2.05, 4.69) is 6.92 Å². The van der Waals surface area contributed by atoms with E-state index >= 15 is 0 Å². The first-order valence-electron chi connectivity index (χ1n) is 5.23. The maximum atomic E-state index is 12.1. The minimum atomic E-state index is -3.22. The van der Waals surface area contributed by atoms with Crippen LogP contribution in [0, 0.1) is 0 Å². The Labute approximate surface area is 107 Å². The van der Waals surface area contributed by atoms with Gasteiger partial charge in [0.05, 0.1) is 0 Å². The van der Waals surface area contributed by atoms with Crippen LogP contribution in [0.15, 0.2) is 11.0 Å². The Morgan fingerprint density at radius 2 is 2.00 bits per heavy atom. The van der Waals surface area contributed by atoms with E-state index in [0.717, 1.165) is 23.5 Å². The first-order chi connectivity index (χ1) is 7.55. The molecule has 0 aromatic carbocycles. The highest BCUT2D eigenvalue weighted by Crippen LogP contribution is 2.57. The van der Waals surface area contributed by atoms with Crippen LogP contribution in [0.4, 0.5) is 0 Å². The Kier molecular flexibility index (Phi) is 8.88. The van der Waals surface area contributed by atoms with Crippen LogP contribution in [-0.2, 0) is 13.6 Å². The average Bonchev–Trinajstić information content (AvgIpc) is 2.32. The average molecular weight is 287 g/mol. The second-order valence-electron chi connectivity index (χ2n) is 3.07. The topological polar surface area (TPSA) is 35.5 Å². The van der Waals surface area contributed by atoms with Crippen LogP contribution in [0.25, 0.3) is 0 Å². The van der Waals surface area contributed by atoms with E-state index in [0.29, 0.717) is 0 Å². The number of hydrogen-bond acceptors (Lipinski definition) is 4. The molecule has 0 rings (SSSR count). The molecule has 0 fully saturated rings. The van der Waals surface area contributed by atoms with Crippen molar-refractivity contribution in [2.75, 3.05) is 20.0 Å². The van der Waals surface area contributed by atoms with Crippen LogP contribution >= 0.6 is 31.0 Å². The summed E-state index contributed by atoms with van der Waals surface area (Å²) in [5, 5.41) is -0.709. The molecule has 0 aliphatic rings. The molecule has 1 unspecified atom stereocenters. The van der Waals surface area contributed by atoms with Crippen molar-refractivity contribution < 1.29 is 13.6 Å². The van der Waals surface area contributed by atoms with Gasteiger partial charge in [-0.05, 0) is 12.2 Å². The molecular formula is C10H20ClO3PS. The number of alkyl halides is 1. The van der Waals surface area contributed by atoms with Gasteiger partial charge in [0.1, 0.15) is 0 Å². The molecular weight excluding hydrogens is 267 g/mol. The highest BCUT2D eigenvalue weighted by atomic mass is 35.5. The molecule has 6 heteroatoms. The highest BCUT2D eigenvalue weighted by Gasteiger charge is 2.35. The van der Waals surface area contributed by atoms with Gasteiger partial charge in [-0.2, -0.15) is 0 Å². The Bertz CT molecular complexity index is 263. The smallest absolute Gasteiger partial charge is 0.311 e. The van der Waals surface area contributed by atoms with E-state index in [-0.39, 0.29) is 0 Å². The summed E-state index contributed by atoms with van der Waals surface area (Å²) in [7, 11) is -0.512. The Morgan fingerprint density at radius 1 is 1.44 bits per heavy atom. The van der Waals surface area contributed by atoms with Crippen molar-refractivity contribution in [3.63, 3.8) is 0 Å². The van der Waals surface area contributed by atoms with Crippen molar-refractivity contribution in [3.8, 4) is 0 Å². The standard InChI is InChI=1S/C10H20ClO3PS/c1-5-7-8-9(16-6-2)10(11)15(12,13-3)14-4/h8,10H,5-7H2,1-4H3/b9-8+. The van der Waals surface area contributed by atoms with Crippen molar-refractivity contribution in [2.45, 2.75) is 31.8 Å². The lowest BCUT2D eigenvalue weighted by Crippen LogP contribution is -2.06. The first kappa shape index (κ1) is 16.5. The number of unbranched alkanes of at least 4 members (excludes halogenated alkanes) is 1. The lowest BCUT2D eigenvalue weighted by molar-refractivity contribution is 0.276. The number of rotatable bonds is 8. The third kappa shape index (κ3) is 4.80. The molecule has 0 aromatic heterocycles. The summed E-state index contributed by atoms with van der Waals surface area (Å²) in [5.41, 5.74) is 0. The van der Waals surface area contributed by atoms with Crippen molar-refractivity contribution >= 4 is 31.0 Å². The van der Waals surface area contributed by atoms with E-state index in [1.807, 2.05) is 13.0 Å². The van der Waals surface area contributed by atoms with Gasteiger partial charge in [-0.15, -0.1) is 23.4 Å². The predicted octanol–water partition coefficient (Wildman–Crippen LogP) is 4.47. The van der Waals surface area contributed by atoms with Gasteiger partial charge < -0.3 is 9.05 Å². The van der Waals surface area contributed by atoms with Gasteiger partial charge in [-0.25, -0.2) is 0 Å². The number of allylic oxidation sites excluding steroid dienone is 2. The molecule has 0 spiro atoms. The molecule has 0 aliphatic carbocycles. The molecule has 96 valence electrons. The zero-order valence-corrected chi connectivity index (χ0v) is 12.7. The molecule has 0 aliphatic heterocycles. The quantitative estimate of drug-likeness (QED) is 0.487. The third-order valence-corrected chi connectivity index (χ3v) is 6.10. The molecule has 1 atom stereocenters. The second kappa shape index (κ2) is 8.60. The summed E-state index contributed by atoms with van der Waals surface area (Å²) < 4.78 is 21.9. The molecule has 0 heterocycles. The van der Waals surface area contributed by atoms with Crippen LogP contribution in [0.3, 0.4) is 0 Å². The van der Waals surface area contributed by atoms with Gasteiger partial charge in [0.25, 0.3) is 0 Å². The van der Waals surface area contributed by atoms with Gasteiger partial charge in [0.15, 0.2) is 5.12 Å². The molecule has 16 heavy (non-hydrogen) atoms. The number of hydrogen-bond donors (Lipinski definition) is 0. The maximum absolute atomic E-state index is 12.1. The molecule has 0 aromatic rings. The Morgan fingerprint density at radius 3 is 2.38 bits per heavy atom. The lowest BCUT2D eigenvalue weighted by atomic mass is 10.3. The summed E-state index contributed by atoms with van der Waals surface area (Å²) in [6.45, 7) is 4.11. The zero-order valence-electron chi connectivity index (χ0n) is 10.2. The fourth-order valence-electron chi connectivity index (χ4n) is 1.09. The van der Waals surface area contributed by atoms with Gasteiger partial charge in [0, 0.05) is 19.1 Å². The number of halogens is 1. The van der Waals surface area contributed by atoms with Crippen LogP contribution in [0.5, 0.6) is 0 Å². The molecule has 0 saturated heterocycles. The fraction of sp³-hybridized carbons (Fsp3) is 0.800. The third-order valence-electron chi connectivity index (χ3n) is 1.97. The molecule has 0 radical (unpaired) electrons.